The lowest BCUT2D eigenvalue weighted by atomic mass is 10.0. The molecule has 0 bridgehead atoms. The molecule has 0 amide bonds. The van der Waals surface area contributed by atoms with E-state index >= 15 is 0 Å². The maximum atomic E-state index is 11.0. The average molecular weight is 511 g/mol. The van der Waals surface area contributed by atoms with E-state index in [9.17, 15) is 10.1 Å². The Bertz CT molecular complexity index is 1120. The number of methoxy groups -OCH3 is 1. The fourth-order valence-electron chi connectivity index (χ4n) is 2.83. The molecule has 3 aromatic rings. The van der Waals surface area contributed by atoms with Crippen LogP contribution in [-0.4, -0.2) is 18.2 Å². The van der Waals surface area contributed by atoms with Crippen LogP contribution in [0.25, 0.3) is 11.6 Å². The van der Waals surface area contributed by atoms with Crippen molar-refractivity contribution in [1.82, 2.24) is 0 Å². The average Bonchev–Trinajstić information content (AvgIpc) is 2.77. The molecule has 0 spiro atoms. The second kappa shape index (κ2) is 9.94. The predicted molar refractivity (Wildman–Crippen MR) is 123 cm³/mol. The van der Waals surface area contributed by atoms with Gasteiger partial charge >= 0.3 is 5.97 Å². The van der Waals surface area contributed by atoms with E-state index in [-0.39, 0.29) is 12.2 Å². The van der Waals surface area contributed by atoms with Crippen LogP contribution in [0, 0.1) is 14.9 Å². The molecule has 0 heterocycles. The molecule has 3 aromatic carbocycles. The minimum atomic E-state index is -0.963. The van der Waals surface area contributed by atoms with Crippen molar-refractivity contribution in [3.8, 4) is 17.6 Å². The van der Waals surface area contributed by atoms with Crippen LogP contribution in [-0.2, 0) is 6.61 Å². The minimum absolute atomic E-state index is 0.230. The summed E-state index contributed by atoms with van der Waals surface area (Å²) in [4.78, 5) is 11.0. The highest BCUT2D eigenvalue weighted by Crippen LogP contribution is 2.35. The molecule has 0 saturated carbocycles. The maximum absolute atomic E-state index is 11.0. The van der Waals surface area contributed by atoms with Crippen molar-refractivity contribution in [2.75, 3.05) is 7.11 Å². The molecule has 0 saturated heterocycles. The SMILES string of the molecule is COc1cc(/C=C(\C#N)c2ccccc2)cc(I)c1OCc1ccc(C(=O)O)cc1. The van der Waals surface area contributed by atoms with Gasteiger partial charge in [0, 0.05) is 0 Å². The fraction of sp³-hybridized carbons (Fsp3) is 0.0833. The van der Waals surface area contributed by atoms with Gasteiger partial charge in [0.1, 0.15) is 6.61 Å². The molecule has 0 aliphatic heterocycles. The lowest BCUT2D eigenvalue weighted by molar-refractivity contribution is 0.0697. The van der Waals surface area contributed by atoms with Crippen molar-refractivity contribution < 1.29 is 19.4 Å². The minimum Gasteiger partial charge on any atom is -0.493 e. The third-order valence-corrected chi connectivity index (χ3v) is 5.15. The van der Waals surface area contributed by atoms with Crippen LogP contribution in [0.2, 0.25) is 0 Å². The number of allylic oxidation sites excluding steroid dienone is 1. The monoisotopic (exact) mass is 511 g/mol. The second-order valence-corrected chi connectivity index (χ2v) is 7.52. The summed E-state index contributed by atoms with van der Waals surface area (Å²) in [5, 5.41) is 18.5. The molecule has 0 aliphatic carbocycles. The third kappa shape index (κ3) is 5.19. The molecule has 0 radical (unpaired) electrons. The number of halogens is 1. The molecule has 0 unspecified atom stereocenters. The number of carboxylic acid groups (broad SMARTS) is 1. The Morgan fingerprint density at radius 1 is 1.10 bits per heavy atom. The van der Waals surface area contributed by atoms with E-state index in [2.05, 4.69) is 28.7 Å². The van der Waals surface area contributed by atoms with Gasteiger partial charge in [-0.2, -0.15) is 5.26 Å². The Balaban J connectivity index is 1.84. The first-order chi connectivity index (χ1) is 14.5. The number of hydrogen-bond donors (Lipinski definition) is 1. The molecular formula is C24H18INO4. The van der Waals surface area contributed by atoms with Gasteiger partial charge in [0.25, 0.3) is 0 Å². The van der Waals surface area contributed by atoms with E-state index in [0.29, 0.717) is 17.1 Å². The quantitative estimate of drug-likeness (QED) is 0.252. The van der Waals surface area contributed by atoms with Crippen LogP contribution in [0.4, 0.5) is 0 Å². The third-order valence-electron chi connectivity index (χ3n) is 4.35. The summed E-state index contributed by atoms with van der Waals surface area (Å²) in [7, 11) is 1.57. The van der Waals surface area contributed by atoms with Gasteiger partial charge in [-0.3, -0.25) is 0 Å². The van der Waals surface area contributed by atoms with Gasteiger partial charge in [0.05, 0.1) is 27.9 Å². The van der Waals surface area contributed by atoms with Crippen molar-refractivity contribution in [3.63, 3.8) is 0 Å². The second-order valence-electron chi connectivity index (χ2n) is 6.36. The number of benzene rings is 3. The van der Waals surface area contributed by atoms with Gasteiger partial charge in [-0.05, 0) is 69.6 Å². The Morgan fingerprint density at radius 3 is 2.40 bits per heavy atom. The Hall–Kier alpha value is -3.31. The summed E-state index contributed by atoms with van der Waals surface area (Å²) in [5.74, 6) is 0.186. The molecule has 5 nitrogen and oxygen atoms in total. The normalized spacial score (nSPS) is 10.9. The lowest BCUT2D eigenvalue weighted by Gasteiger charge is -2.14. The van der Waals surface area contributed by atoms with Gasteiger partial charge in [-0.1, -0.05) is 42.5 Å². The number of rotatable bonds is 7. The van der Waals surface area contributed by atoms with Gasteiger partial charge in [0.2, 0.25) is 0 Å². The van der Waals surface area contributed by atoms with Crippen molar-refractivity contribution in [2.45, 2.75) is 6.61 Å². The van der Waals surface area contributed by atoms with Crippen LogP contribution in [0.3, 0.4) is 0 Å². The van der Waals surface area contributed by atoms with Crippen LogP contribution in [0.1, 0.15) is 27.0 Å². The summed E-state index contributed by atoms with van der Waals surface area (Å²) in [6.45, 7) is 0.273. The maximum Gasteiger partial charge on any atom is 0.335 e. The number of carboxylic acids is 1. The molecule has 0 aliphatic rings. The van der Waals surface area contributed by atoms with Crippen molar-refractivity contribution in [3.05, 3.63) is 92.6 Å². The molecule has 150 valence electrons. The van der Waals surface area contributed by atoms with E-state index in [4.69, 9.17) is 14.6 Å². The number of nitriles is 1. The van der Waals surface area contributed by atoms with E-state index in [1.165, 1.54) is 0 Å². The molecule has 0 atom stereocenters. The number of aromatic carboxylic acids is 1. The van der Waals surface area contributed by atoms with Crippen LogP contribution in [0.15, 0.2) is 66.7 Å². The Morgan fingerprint density at radius 2 is 1.80 bits per heavy atom. The van der Waals surface area contributed by atoms with E-state index in [0.717, 1.165) is 20.3 Å². The van der Waals surface area contributed by atoms with Crippen molar-refractivity contribution >= 4 is 40.2 Å². The summed E-state index contributed by atoms with van der Waals surface area (Å²) in [5.41, 5.74) is 3.31. The van der Waals surface area contributed by atoms with Gasteiger partial charge in [-0.25, -0.2) is 4.79 Å². The van der Waals surface area contributed by atoms with Crippen LogP contribution in [0.5, 0.6) is 11.5 Å². The van der Waals surface area contributed by atoms with E-state index < -0.39 is 5.97 Å². The highest BCUT2D eigenvalue weighted by Gasteiger charge is 2.12. The number of nitrogens with zero attached hydrogens (tertiary/aromatic N) is 1. The summed E-state index contributed by atoms with van der Waals surface area (Å²) < 4.78 is 12.3. The highest BCUT2D eigenvalue weighted by atomic mass is 127. The van der Waals surface area contributed by atoms with Crippen molar-refractivity contribution in [2.24, 2.45) is 0 Å². The van der Waals surface area contributed by atoms with Crippen molar-refractivity contribution in [1.29, 1.82) is 5.26 Å². The molecule has 1 N–H and O–H groups in total. The summed E-state index contributed by atoms with van der Waals surface area (Å²) >= 11 is 2.17. The zero-order valence-electron chi connectivity index (χ0n) is 16.1. The molecule has 0 fully saturated rings. The molecule has 30 heavy (non-hydrogen) atoms. The Kier molecular flexibility index (Phi) is 7.09. The van der Waals surface area contributed by atoms with Gasteiger partial charge in [0.15, 0.2) is 11.5 Å². The molecular weight excluding hydrogens is 493 g/mol. The molecule has 3 rings (SSSR count). The zero-order valence-corrected chi connectivity index (χ0v) is 18.3. The standard InChI is InChI=1S/C24H18INO4/c1-29-22-13-17(11-20(14-26)18-5-3-2-4-6-18)12-21(25)23(22)30-15-16-7-9-19(10-8-16)24(27)28/h2-13H,15H2,1H3,(H,27,28)/b20-11+. The topological polar surface area (TPSA) is 79.5 Å². The summed E-state index contributed by atoms with van der Waals surface area (Å²) in [6, 6.07) is 22.0. The first kappa shape index (κ1) is 21.4. The number of ether oxygens (including phenoxy) is 2. The van der Waals surface area contributed by atoms with Crippen LogP contribution < -0.4 is 9.47 Å². The summed E-state index contributed by atoms with van der Waals surface area (Å²) in [6.07, 6.45) is 1.81. The van der Waals surface area contributed by atoms with Crippen LogP contribution >= 0.6 is 22.6 Å². The lowest BCUT2D eigenvalue weighted by Crippen LogP contribution is -2.01. The van der Waals surface area contributed by atoms with E-state index in [1.807, 2.05) is 48.5 Å². The zero-order chi connectivity index (χ0) is 21.5. The number of hydrogen-bond acceptors (Lipinski definition) is 4. The molecule has 0 aromatic heterocycles. The smallest absolute Gasteiger partial charge is 0.335 e. The highest BCUT2D eigenvalue weighted by molar-refractivity contribution is 14.1. The van der Waals surface area contributed by atoms with Gasteiger partial charge < -0.3 is 14.6 Å². The van der Waals surface area contributed by atoms with Gasteiger partial charge in [-0.15, -0.1) is 0 Å². The Labute approximate surface area is 188 Å². The first-order valence-corrected chi connectivity index (χ1v) is 10.1. The predicted octanol–water partition coefficient (Wildman–Crippen LogP) is 5.64. The van der Waals surface area contributed by atoms with E-state index in [1.54, 1.807) is 31.4 Å². The molecule has 6 heteroatoms. The first-order valence-electron chi connectivity index (χ1n) is 9.01. The number of carbonyl (C=O) groups is 1. The largest absolute Gasteiger partial charge is 0.493 e. The fourth-order valence-corrected chi connectivity index (χ4v) is 3.61.